The van der Waals surface area contributed by atoms with E-state index in [1.165, 1.54) is 29.2 Å². The summed E-state index contributed by atoms with van der Waals surface area (Å²) in [6, 6.07) is 14.6. The minimum Gasteiger partial charge on any atom is -0.354 e. The van der Waals surface area contributed by atoms with Gasteiger partial charge in [0.1, 0.15) is 11.6 Å². The molecule has 0 spiro atoms. The zero-order valence-corrected chi connectivity index (χ0v) is 25.3. The smallest absolute Gasteiger partial charge is 0.276 e. The van der Waals surface area contributed by atoms with Crippen LogP contribution in [0.5, 0.6) is 0 Å². The van der Waals surface area contributed by atoms with E-state index in [0.717, 1.165) is 27.8 Å². The lowest BCUT2D eigenvalue weighted by Gasteiger charge is -2.13. The molecule has 0 atom stereocenters. The van der Waals surface area contributed by atoms with Gasteiger partial charge in [0.2, 0.25) is 0 Å². The number of hydroxylamine groups is 2. The van der Waals surface area contributed by atoms with Gasteiger partial charge in [-0.05, 0) is 112 Å². The fourth-order valence-electron chi connectivity index (χ4n) is 3.26. The molecule has 0 heterocycles. The topological polar surface area (TPSA) is 123 Å². The predicted octanol–water partition coefficient (Wildman–Crippen LogP) is 7.52. The molecule has 8 nitrogen and oxygen atoms in total. The third-order valence-electron chi connectivity index (χ3n) is 5.16. The van der Waals surface area contributed by atoms with E-state index in [0.29, 0.717) is 14.3 Å². The van der Waals surface area contributed by atoms with Crippen LogP contribution in [-0.2, 0) is 0 Å². The van der Waals surface area contributed by atoms with Crippen LogP contribution in [0.4, 0.5) is 40.3 Å². The molecule has 4 rings (SSSR count). The summed E-state index contributed by atoms with van der Waals surface area (Å²) in [6.07, 6.45) is 0. The molecule has 0 unspecified atom stereocenters. The second kappa shape index (κ2) is 14.6. The molecule has 15 heteroatoms. The molecular formula is C26H17ClF4I2N4O4. The monoisotopic (exact) mass is 814 g/mol. The van der Waals surface area contributed by atoms with Crippen molar-refractivity contribution in [3.8, 4) is 0 Å². The normalized spacial score (nSPS) is 10.3. The van der Waals surface area contributed by atoms with E-state index in [4.69, 9.17) is 22.0 Å². The number of anilines is 4. The Kier molecular flexibility index (Phi) is 11.5. The lowest BCUT2D eigenvalue weighted by molar-refractivity contribution is 0.0702. The van der Waals surface area contributed by atoms with Crippen molar-refractivity contribution in [1.29, 1.82) is 0 Å². The van der Waals surface area contributed by atoms with Gasteiger partial charge in [0.05, 0.1) is 38.9 Å². The molecule has 0 saturated carbocycles. The fourth-order valence-corrected chi connectivity index (χ4v) is 4.62. The first kappa shape index (κ1) is 32.3. The van der Waals surface area contributed by atoms with E-state index < -0.39 is 40.8 Å². The number of rotatable bonds is 6. The van der Waals surface area contributed by atoms with Crippen molar-refractivity contribution < 1.29 is 37.6 Å². The van der Waals surface area contributed by atoms with Crippen LogP contribution in [0.1, 0.15) is 20.7 Å². The van der Waals surface area contributed by atoms with Crippen LogP contribution < -0.4 is 21.6 Å². The first-order valence-corrected chi connectivity index (χ1v) is 13.6. The maximum absolute atomic E-state index is 13.8. The Hall–Kier alpha value is -3.19. The SMILES string of the molecule is O=C(NO)c1ccc(F)c(F)c1Nc1ccc(I)cc1F.O=C(NO)c1ccc(F)cc1Nc1ccc(I)cc1Cl. The van der Waals surface area contributed by atoms with Crippen molar-refractivity contribution in [1.82, 2.24) is 11.0 Å². The van der Waals surface area contributed by atoms with Gasteiger partial charge in [0.25, 0.3) is 11.8 Å². The number of carbonyl (C=O) groups is 2. The molecule has 0 radical (unpaired) electrons. The minimum absolute atomic E-state index is 0.100. The lowest BCUT2D eigenvalue weighted by atomic mass is 10.1. The maximum atomic E-state index is 13.8. The molecular weight excluding hydrogens is 798 g/mol. The van der Waals surface area contributed by atoms with Gasteiger partial charge >= 0.3 is 0 Å². The summed E-state index contributed by atoms with van der Waals surface area (Å²) in [7, 11) is 0. The number of halogens is 7. The first-order chi connectivity index (χ1) is 19.4. The van der Waals surface area contributed by atoms with Gasteiger partial charge in [-0.2, -0.15) is 0 Å². The molecule has 0 bridgehead atoms. The summed E-state index contributed by atoms with van der Waals surface area (Å²) in [5, 5.41) is 22.9. The zero-order valence-electron chi connectivity index (χ0n) is 20.2. The van der Waals surface area contributed by atoms with Gasteiger partial charge in [0.15, 0.2) is 11.6 Å². The van der Waals surface area contributed by atoms with Crippen LogP contribution in [0.25, 0.3) is 0 Å². The van der Waals surface area contributed by atoms with Gasteiger partial charge in [-0.1, -0.05) is 11.6 Å². The highest BCUT2D eigenvalue weighted by Gasteiger charge is 2.20. The van der Waals surface area contributed by atoms with E-state index >= 15 is 0 Å². The molecule has 6 N–H and O–H groups in total. The van der Waals surface area contributed by atoms with Gasteiger partial charge in [-0.3, -0.25) is 20.0 Å². The average molecular weight is 815 g/mol. The van der Waals surface area contributed by atoms with Crippen molar-refractivity contribution in [2.75, 3.05) is 10.6 Å². The van der Waals surface area contributed by atoms with E-state index in [9.17, 15) is 27.2 Å². The average Bonchev–Trinajstić information content (AvgIpc) is 2.94. The van der Waals surface area contributed by atoms with E-state index in [1.54, 1.807) is 18.2 Å². The van der Waals surface area contributed by atoms with Crippen molar-refractivity contribution in [2.45, 2.75) is 0 Å². The van der Waals surface area contributed by atoms with Gasteiger partial charge in [0, 0.05) is 7.14 Å². The number of hydrogen-bond donors (Lipinski definition) is 6. The van der Waals surface area contributed by atoms with Crippen LogP contribution in [0, 0.1) is 30.4 Å². The second-order valence-electron chi connectivity index (χ2n) is 7.85. The molecule has 0 aliphatic carbocycles. The summed E-state index contributed by atoms with van der Waals surface area (Å²) in [5.41, 5.74) is 2.60. The third kappa shape index (κ3) is 8.41. The summed E-state index contributed by atoms with van der Waals surface area (Å²) in [6.45, 7) is 0. The highest BCUT2D eigenvalue weighted by atomic mass is 127. The molecule has 214 valence electrons. The molecule has 0 aromatic heterocycles. The Morgan fingerprint density at radius 2 is 1.24 bits per heavy atom. The largest absolute Gasteiger partial charge is 0.354 e. The number of hydrogen-bond acceptors (Lipinski definition) is 6. The van der Waals surface area contributed by atoms with Crippen LogP contribution >= 0.6 is 56.8 Å². The Bertz CT molecular complexity index is 1610. The van der Waals surface area contributed by atoms with Crippen LogP contribution in [0.15, 0.2) is 66.7 Å². The molecule has 0 aliphatic rings. The van der Waals surface area contributed by atoms with Gasteiger partial charge in [-0.15, -0.1) is 0 Å². The standard InChI is InChI=1S/C13H9ClFIN2O2.C13H8F3IN2O2/c14-10-6-8(16)2-4-11(10)17-12-5-7(15)1-3-9(12)13(19)18-20;14-8-3-2-7(13(20)19-21)12(11(8)16)18-10-4-1-6(17)5-9(10)15/h1-6,17,20H,(H,18,19);1-5,18,21H,(H,19,20). The maximum Gasteiger partial charge on any atom is 0.276 e. The molecule has 0 fully saturated rings. The fraction of sp³-hybridized carbons (Fsp3) is 0. The van der Waals surface area contributed by atoms with Crippen molar-refractivity contribution >= 4 is 91.3 Å². The van der Waals surface area contributed by atoms with Crippen LogP contribution in [0.2, 0.25) is 5.02 Å². The zero-order chi connectivity index (χ0) is 30.3. The highest BCUT2D eigenvalue weighted by molar-refractivity contribution is 14.1. The summed E-state index contributed by atoms with van der Waals surface area (Å²) < 4.78 is 55.7. The summed E-state index contributed by atoms with van der Waals surface area (Å²) in [5.74, 6) is -5.56. The van der Waals surface area contributed by atoms with Gasteiger partial charge < -0.3 is 10.6 Å². The Balaban J connectivity index is 0.000000226. The number of nitrogens with one attached hydrogen (secondary N) is 4. The van der Waals surface area contributed by atoms with Crippen molar-refractivity contribution in [3.63, 3.8) is 0 Å². The lowest BCUT2D eigenvalue weighted by Crippen LogP contribution is -2.20. The second-order valence-corrected chi connectivity index (χ2v) is 10.8. The Morgan fingerprint density at radius 3 is 1.85 bits per heavy atom. The first-order valence-electron chi connectivity index (χ1n) is 11.1. The highest BCUT2D eigenvalue weighted by Crippen LogP contribution is 2.30. The Morgan fingerprint density at radius 1 is 0.659 bits per heavy atom. The predicted molar refractivity (Wildman–Crippen MR) is 161 cm³/mol. The molecule has 4 aromatic carbocycles. The third-order valence-corrected chi connectivity index (χ3v) is 6.81. The molecule has 0 aliphatic heterocycles. The summed E-state index contributed by atoms with van der Waals surface area (Å²) >= 11 is 10.1. The van der Waals surface area contributed by atoms with E-state index in [2.05, 4.69) is 33.2 Å². The van der Waals surface area contributed by atoms with Crippen LogP contribution in [-0.4, -0.2) is 22.2 Å². The Labute approximate surface area is 262 Å². The van der Waals surface area contributed by atoms with Crippen LogP contribution in [0.3, 0.4) is 0 Å². The molecule has 4 aromatic rings. The molecule has 41 heavy (non-hydrogen) atoms. The quantitative estimate of drug-likeness (QED) is 0.0519. The number of carbonyl (C=O) groups excluding carboxylic acids is 2. The number of amides is 2. The minimum atomic E-state index is -1.35. The van der Waals surface area contributed by atoms with Crippen molar-refractivity contribution in [3.05, 3.63) is 113 Å². The molecule has 2 amide bonds. The number of benzene rings is 4. The van der Waals surface area contributed by atoms with E-state index in [-0.39, 0.29) is 22.5 Å². The molecule has 0 saturated heterocycles. The van der Waals surface area contributed by atoms with Crippen molar-refractivity contribution in [2.24, 2.45) is 0 Å². The van der Waals surface area contributed by atoms with E-state index in [1.807, 2.05) is 28.7 Å². The summed E-state index contributed by atoms with van der Waals surface area (Å²) in [4.78, 5) is 23.0. The van der Waals surface area contributed by atoms with Gasteiger partial charge in [-0.25, -0.2) is 28.5 Å².